The molecule has 0 saturated heterocycles. The Morgan fingerprint density at radius 1 is 0.964 bits per heavy atom. The Kier molecular flexibility index (Phi) is 5.47. The zero-order valence-electron chi connectivity index (χ0n) is 17.2. The van der Waals surface area contributed by atoms with E-state index >= 15 is 0 Å². The molecule has 2 heterocycles. The molecule has 2 aromatic carbocycles. The molecule has 0 spiro atoms. The topological polar surface area (TPSA) is 34.0 Å². The van der Waals surface area contributed by atoms with Gasteiger partial charge in [-0.05, 0) is 25.0 Å². The van der Waals surface area contributed by atoms with Gasteiger partial charge in [-0.15, -0.1) is 5.10 Å². The fourth-order valence-corrected chi connectivity index (χ4v) is 4.26. The Morgan fingerprint density at radius 3 is 2.54 bits per heavy atom. The van der Waals surface area contributed by atoms with Crippen LogP contribution in [0.1, 0.15) is 57.6 Å². The lowest BCUT2D eigenvalue weighted by Gasteiger charge is -2.27. The van der Waals surface area contributed by atoms with Crippen molar-refractivity contribution in [1.82, 2.24) is 15.0 Å². The zero-order valence-corrected chi connectivity index (χ0v) is 17.2. The van der Waals surface area contributed by atoms with Gasteiger partial charge in [0.25, 0.3) is 0 Å². The van der Waals surface area contributed by atoms with Crippen LogP contribution in [0.4, 0.5) is 5.69 Å². The van der Waals surface area contributed by atoms with Crippen LogP contribution < -0.4 is 4.90 Å². The highest BCUT2D eigenvalue weighted by Gasteiger charge is 2.26. The van der Waals surface area contributed by atoms with Gasteiger partial charge < -0.3 is 4.90 Å². The van der Waals surface area contributed by atoms with Crippen LogP contribution in [-0.4, -0.2) is 22.0 Å². The minimum absolute atomic E-state index is 0.332. The first kappa shape index (κ1) is 18.7. The number of aromatic nitrogens is 3. The number of anilines is 1. The monoisotopic (exact) mass is 374 g/mol. The average Bonchev–Trinajstić information content (AvgIpc) is 3.15. The minimum atomic E-state index is 0.332. The number of fused-ring (bicyclic) bond motifs is 5. The second kappa shape index (κ2) is 8.17. The van der Waals surface area contributed by atoms with Crippen LogP contribution in [0.15, 0.2) is 48.5 Å². The Labute approximate surface area is 168 Å². The van der Waals surface area contributed by atoms with Gasteiger partial charge in [-0.1, -0.05) is 80.3 Å². The van der Waals surface area contributed by atoms with Gasteiger partial charge in [0.15, 0.2) is 0 Å². The summed E-state index contributed by atoms with van der Waals surface area (Å²) in [5.41, 5.74) is 7.11. The number of rotatable bonds is 6. The molecule has 1 aliphatic heterocycles. The highest BCUT2D eigenvalue weighted by molar-refractivity contribution is 5.88. The highest BCUT2D eigenvalue weighted by Crippen LogP contribution is 2.41. The molecule has 0 amide bonds. The second-order valence-electron chi connectivity index (χ2n) is 7.96. The van der Waals surface area contributed by atoms with Crippen LogP contribution >= 0.6 is 0 Å². The molecular formula is C24H30N4. The summed E-state index contributed by atoms with van der Waals surface area (Å²) in [6, 6.07) is 17.6. The van der Waals surface area contributed by atoms with Gasteiger partial charge in [0.2, 0.25) is 0 Å². The lowest BCUT2D eigenvalue weighted by atomic mass is 9.95. The molecule has 0 saturated carbocycles. The van der Waals surface area contributed by atoms with E-state index in [9.17, 15) is 0 Å². The molecule has 1 unspecified atom stereocenters. The Hall–Kier alpha value is -2.62. The Morgan fingerprint density at radius 2 is 1.71 bits per heavy atom. The van der Waals surface area contributed by atoms with E-state index in [1.54, 1.807) is 0 Å². The maximum atomic E-state index is 4.68. The van der Waals surface area contributed by atoms with Crippen molar-refractivity contribution in [2.24, 2.45) is 0 Å². The molecule has 0 N–H and O–H groups in total. The lowest BCUT2D eigenvalue weighted by Crippen LogP contribution is -2.20. The van der Waals surface area contributed by atoms with Crippen molar-refractivity contribution in [3.8, 4) is 22.5 Å². The van der Waals surface area contributed by atoms with Crippen molar-refractivity contribution in [2.75, 3.05) is 11.9 Å². The predicted molar refractivity (Wildman–Crippen MR) is 116 cm³/mol. The summed E-state index contributed by atoms with van der Waals surface area (Å²) in [6.45, 7) is 5.40. The van der Waals surface area contributed by atoms with E-state index in [1.165, 1.54) is 48.1 Å². The zero-order chi connectivity index (χ0) is 19.5. The summed E-state index contributed by atoms with van der Waals surface area (Å²) < 4.78 is 2.16. The molecule has 1 atom stereocenters. The van der Waals surface area contributed by atoms with Crippen LogP contribution in [0.5, 0.6) is 0 Å². The normalized spacial score (nSPS) is 13.9. The van der Waals surface area contributed by atoms with Gasteiger partial charge in [-0.25, -0.2) is 4.68 Å². The van der Waals surface area contributed by atoms with Gasteiger partial charge in [-0.3, -0.25) is 0 Å². The van der Waals surface area contributed by atoms with Crippen LogP contribution in [0, 0.1) is 0 Å². The fraction of sp³-hybridized carbons (Fsp3) is 0.417. The molecule has 1 aromatic heterocycles. The molecule has 0 aliphatic carbocycles. The molecule has 4 heteroatoms. The van der Waals surface area contributed by atoms with Crippen LogP contribution in [0.3, 0.4) is 0 Å². The molecule has 1 aliphatic rings. The third-order valence-corrected chi connectivity index (χ3v) is 5.84. The third kappa shape index (κ3) is 3.44. The molecule has 146 valence electrons. The smallest absolute Gasteiger partial charge is 0.121 e. The molecule has 4 rings (SSSR count). The molecule has 0 radical (unpaired) electrons. The van der Waals surface area contributed by atoms with E-state index in [4.69, 9.17) is 0 Å². The van der Waals surface area contributed by atoms with Crippen LogP contribution in [-0.2, 0) is 6.54 Å². The van der Waals surface area contributed by atoms with Crippen molar-refractivity contribution < 1.29 is 0 Å². The van der Waals surface area contributed by atoms with E-state index in [1.807, 2.05) is 0 Å². The van der Waals surface area contributed by atoms with E-state index in [0.29, 0.717) is 6.04 Å². The molecular weight excluding hydrogens is 344 g/mol. The minimum Gasteiger partial charge on any atom is -0.370 e. The summed E-state index contributed by atoms with van der Waals surface area (Å²) in [4.78, 5) is 2.33. The maximum absolute atomic E-state index is 4.68. The van der Waals surface area contributed by atoms with Crippen molar-refractivity contribution in [3.05, 3.63) is 54.1 Å². The summed E-state index contributed by atoms with van der Waals surface area (Å²) in [5, 5.41) is 9.33. The Balaban J connectivity index is 1.82. The molecule has 0 bridgehead atoms. The van der Waals surface area contributed by atoms with Crippen LogP contribution in [0.25, 0.3) is 22.5 Å². The number of unbranched alkanes of at least 4 members (excludes halogenated alkanes) is 3. The highest BCUT2D eigenvalue weighted by atomic mass is 15.4. The van der Waals surface area contributed by atoms with Crippen molar-refractivity contribution in [2.45, 2.75) is 58.5 Å². The molecule has 0 fully saturated rings. The maximum Gasteiger partial charge on any atom is 0.121 e. The largest absolute Gasteiger partial charge is 0.370 e. The van der Waals surface area contributed by atoms with E-state index < -0.39 is 0 Å². The van der Waals surface area contributed by atoms with Crippen molar-refractivity contribution in [3.63, 3.8) is 0 Å². The second-order valence-corrected chi connectivity index (χ2v) is 7.96. The van der Waals surface area contributed by atoms with Crippen molar-refractivity contribution in [1.29, 1.82) is 0 Å². The summed E-state index contributed by atoms with van der Waals surface area (Å²) in [5.74, 6) is 0. The summed E-state index contributed by atoms with van der Waals surface area (Å²) in [7, 11) is 2.17. The lowest BCUT2D eigenvalue weighted by molar-refractivity contribution is 0.430. The van der Waals surface area contributed by atoms with Gasteiger partial charge in [0.1, 0.15) is 5.69 Å². The van der Waals surface area contributed by atoms with Gasteiger partial charge in [-0.2, -0.15) is 0 Å². The van der Waals surface area contributed by atoms with E-state index in [-0.39, 0.29) is 0 Å². The number of para-hydroxylation sites is 1. The number of benzene rings is 2. The SMILES string of the molecule is CCCCCCC(C)n1nnc2c1-c1ccccc1N(C)Cc1ccccc1-2. The first-order chi connectivity index (χ1) is 13.7. The molecule has 3 aromatic rings. The summed E-state index contributed by atoms with van der Waals surface area (Å²) >= 11 is 0. The van der Waals surface area contributed by atoms with Gasteiger partial charge >= 0.3 is 0 Å². The third-order valence-electron chi connectivity index (χ3n) is 5.84. The molecule has 28 heavy (non-hydrogen) atoms. The van der Waals surface area contributed by atoms with E-state index in [2.05, 4.69) is 89.3 Å². The Bertz CT molecular complexity index is 943. The quantitative estimate of drug-likeness (QED) is 0.489. The number of hydrogen-bond acceptors (Lipinski definition) is 3. The van der Waals surface area contributed by atoms with Gasteiger partial charge in [0, 0.05) is 30.4 Å². The summed E-state index contributed by atoms with van der Waals surface area (Å²) in [6.07, 6.45) is 6.24. The fourth-order valence-electron chi connectivity index (χ4n) is 4.26. The molecule has 4 nitrogen and oxygen atoms in total. The van der Waals surface area contributed by atoms with Crippen LogP contribution in [0.2, 0.25) is 0 Å². The first-order valence-corrected chi connectivity index (χ1v) is 10.5. The van der Waals surface area contributed by atoms with Crippen molar-refractivity contribution >= 4 is 5.69 Å². The average molecular weight is 375 g/mol. The number of nitrogens with zero attached hydrogens (tertiary/aromatic N) is 4. The first-order valence-electron chi connectivity index (χ1n) is 10.5. The van der Waals surface area contributed by atoms with Gasteiger partial charge in [0.05, 0.1) is 11.7 Å². The standard InChI is InChI=1S/C24H30N4/c1-4-5-6-7-12-18(2)28-24-21-15-10-11-16-22(21)27(3)17-19-13-8-9-14-20(19)23(24)25-26-28/h8-11,13-16,18H,4-7,12,17H2,1-3H3. The number of hydrogen-bond donors (Lipinski definition) is 0. The predicted octanol–water partition coefficient (Wildman–Crippen LogP) is 6.09. The van der Waals surface area contributed by atoms with E-state index in [0.717, 1.165) is 24.4 Å².